The number of nitrogens with two attached hydrogens (primary N) is 1. The Hall–Kier alpha value is -4.53. The Kier molecular flexibility index (Phi) is 6.82. The molecule has 2 aromatic rings. The molecule has 0 bridgehead atoms. The van der Waals surface area contributed by atoms with Gasteiger partial charge in [-0.2, -0.15) is 10.4 Å². The summed E-state index contributed by atoms with van der Waals surface area (Å²) in [7, 11) is 1.43. The van der Waals surface area contributed by atoms with Crippen molar-refractivity contribution in [2.75, 3.05) is 13.7 Å². The number of rotatable bonds is 8. The molecule has 1 atom stereocenters. The molecule has 12 heteroatoms. The van der Waals surface area contributed by atoms with Crippen LogP contribution < -0.4 is 15.2 Å². The Morgan fingerprint density at radius 2 is 2.18 bits per heavy atom. The zero-order chi connectivity index (χ0) is 24.1. The number of ether oxygens (including phenoxy) is 4. The van der Waals surface area contributed by atoms with E-state index in [2.05, 4.69) is 5.10 Å². The first-order chi connectivity index (χ1) is 15.8. The fraction of sp³-hybridized carbons (Fsp3) is 0.286. The van der Waals surface area contributed by atoms with Gasteiger partial charge in [0.05, 0.1) is 30.1 Å². The number of allylic oxidation sites excluding steroid dienone is 2. The third-order valence-corrected chi connectivity index (χ3v) is 4.80. The number of benzene rings is 1. The summed E-state index contributed by atoms with van der Waals surface area (Å²) in [6.07, 6.45) is 2.34. The van der Waals surface area contributed by atoms with Gasteiger partial charge in [0.1, 0.15) is 29.8 Å². The number of methoxy groups -OCH3 is 1. The van der Waals surface area contributed by atoms with Crippen molar-refractivity contribution >= 4 is 11.7 Å². The van der Waals surface area contributed by atoms with Gasteiger partial charge in [-0.3, -0.25) is 10.1 Å². The molecular weight excluding hydrogens is 434 g/mol. The van der Waals surface area contributed by atoms with Crippen LogP contribution in [0.5, 0.6) is 11.5 Å². The summed E-state index contributed by atoms with van der Waals surface area (Å²) in [5, 5.41) is 24.4. The van der Waals surface area contributed by atoms with E-state index in [0.717, 1.165) is 6.20 Å². The number of nitrogens with zero attached hydrogens (tertiary/aromatic N) is 4. The van der Waals surface area contributed by atoms with Crippen LogP contribution in [0, 0.1) is 21.4 Å². The molecule has 0 amide bonds. The predicted molar refractivity (Wildman–Crippen MR) is 112 cm³/mol. The number of aromatic nitrogens is 2. The van der Waals surface area contributed by atoms with E-state index < -0.39 is 16.8 Å². The summed E-state index contributed by atoms with van der Waals surface area (Å²) in [5.74, 6) is -0.709. The normalized spacial score (nSPS) is 15.5. The van der Waals surface area contributed by atoms with Crippen LogP contribution >= 0.6 is 0 Å². The lowest BCUT2D eigenvalue weighted by atomic mass is 9.83. The lowest BCUT2D eigenvalue weighted by Crippen LogP contribution is -2.25. The van der Waals surface area contributed by atoms with Crippen LogP contribution in [-0.2, 0) is 21.0 Å². The van der Waals surface area contributed by atoms with E-state index in [1.807, 2.05) is 6.07 Å². The summed E-state index contributed by atoms with van der Waals surface area (Å²) >= 11 is 0. The smallest absolute Gasteiger partial charge is 0.338 e. The van der Waals surface area contributed by atoms with Crippen molar-refractivity contribution in [1.29, 1.82) is 5.26 Å². The zero-order valence-corrected chi connectivity index (χ0v) is 18.1. The Morgan fingerprint density at radius 1 is 1.42 bits per heavy atom. The number of esters is 1. The summed E-state index contributed by atoms with van der Waals surface area (Å²) in [6, 6.07) is 6.85. The van der Waals surface area contributed by atoms with Crippen LogP contribution in [0.25, 0.3) is 0 Å². The van der Waals surface area contributed by atoms with Gasteiger partial charge >= 0.3 is 11.7 Å². The molecule has 1 unspecified atom stereocenters. The largest absolute Gasteiger partial charge is 0.493 e. The van der Waals surface area contributed by atoms with Crippen molar-refractivity contribution in [3.63, 3.8) is 0 Å². The van der Waals surface area contributed by atoms with E-state index in [0.29, 0.717) is 17.1 Å². The van der Waals surface area contributed by atoms with E-state index in [9.17, 15) is 20.2 Å². The fourth-order valence-electron chi connectivity index (χ4n) is 3.32. The summed E-state index contributed by atoms with van der Waals surface area (Å²) < 4.78 is 22.9. The highest BCUT2D eigenvalue weighted by atomic mass is 16.6. The molecule has 1 aliphatic rings. The highest BCUT2D eigenvalue weighted by Gasteiger charge is 2.36. The molecule has 0 aliphatic carbocycles. The van der Waals surface area contributed by atoms with Crippen molar-refractivity contribution in [3.05, 3.63) is 69.1 Å². The topological polar surface area (TPSA) is 165 Å². The highest BCUT2D eigenvalue weighted by molar-refractivity contribution is 5.92. The van der Waals surface area contributed by atoms with E-state index in [1.165, 1.54) is 18.0 Å². The number of nitriles is 1. The number of carbonyl (C=O) groups is 1. The molecule has 2 heterocycles. The van der Waals surface area contributed by atoms with Crippen molar-refractivity contribution in [3.8, 4) is 17.6 Å². The Morgan fingerprint density at radius 3 is 2.79 bits per heavy atom. The molecule has 2 N–H and O–H groups in total. The van der Waals surface area contributed by atoms with Crippen LogP contribution in [0.15, 0.2) is 53.4 Å². The molecular formula is C21H21N5O7. The molecule has 172 valence electrons. The second-order valence-electron chi connectivity index (χ2n) is 6.79. The van der Waals surface area contributed by atoms with Gasteiger partial charge < -0.3 is 24.7 Å². The summed E-state index contributed by atoms with van der Waals surface area (Å²) in [5.41, 5.74) is 6.49. The molecule has 0 saturated heterocycles. The van der Waals surface area contributed by atoms with Crippen molar-refractivity contribution in [1.82, 2.24) is 9.78 Å². The highest BCUT2D eigenvalue weighted by Crippen LogP contribution is 2.42. The molecule has 1 aromatic carbocycles. The molecule has 3 rings (SSSR count). The maximum absolute atomic E-state index is 12.6. The molecule has 1 aromatic heterocycles. The second-order valence-corrected chi connectivity index (χ2v) is 6.79. The minimum Gasteiger partial charge on any atom is -0.493 e. The minimum atomic E-state index is -0.834. The van der Waals surface area contributed by atoms with E-state index in [1.54, 1.807) is 32.0 Å². The number of carbonyl (C=O) groups excluding carboxylic acids is 1. The quantitative estimate of drug-likeness (QED) is 0.355. The van der Waals surface area contributed by atoms with Crippen LogP contribution in [0.1, 0.15) is 25.3 Å². The summed E-state index contributed by atoms with van der Waals surface area (Å²) in [6.45, 7) is 3.28. The predicted octanol–water partition coefficient (Wildman–Crippen LogP) is 2.48. The zero-order valence-electron chi connectivity index (χ0n) is 18.1. The van der Waals surface area contributed by atoms with Gasteiger partial charge in [0.2, 0.25) is 5.88 Å². The van der Waals surface area contributed by atoms with Crippen LogP contribution in [-0.4, -0.2) is 34.4 Å². The molecule has 0 spiro atoms. The third kappa shape index (κ3) is 4.72. The number of nitro groups is 1. The van der Waals surface area contributed by atoms with Gasteiger partial charge in [0, 0.05) is 0 Å². The Labute approximate surface area is 188 Å². The molecule has 12 nitrogen and oxygen atoms in total. The van der Waals surface area contributed by atoms with Gasteiger partial charge in [-0.25, -0.2) is 9.48 Å². The minimum absolute atomic E-state index is 0.0585. The maximum atomic E-state index is 12.6. The van der Waals surface area contributed by atoms with E-state index >= 15 is 0 Å². The number of hydrogen-bond donors (Lipinski definition) is 1. The van der Waals surface area contributed by atoms with Gasteiger partial charge in [-0.15, -0.1) is 0 Å². The first-order valence-electron chi connectivity index (χ1n) is 9.73. The molecule has 0 fully saturated rings. The Bertz CT molecular complexity index is 1190. The van der Waals surface area contributed by atoms with Crippen molar-refractivity contribution in [2.24, 2.45) is 5.73 Å². The number of hydrogen-bond acceptors (Lipinski definition) is 10. The average Bonchev–Trinajstić information content (AvgIpc) is 3.26. The van der Waals surface area contributed by atoms with Crippen LogP contribution in [0.3, 0.4) is 0 Å². The lowest BCUT2D eigenvalue weighted by Gasteiger charge is -2.27. The molecule has 0 radical (unpaired) electrons. The molecule has 0 saturated carbocycles. The van der Waals surface area contributed by atoms with Gasteiger partial charge in [0.25, 0.3) is 0 Å². The first kappa shape index (κ1) is 23.1. The van der Waals surface area contributed by atoms with Gasteiger partial charge in [-0.1, -0.05) is 6.07 Å². The third-order valence-electron chi connectivity index (χ3n) is 4.80. The van der Waals surface area contributed by atoms with Gasteiger partial charge in [-0.05, 0) is 31.5 Å². The monoisotopic (exact) mass is 455 g/mol. The van der Waals surface area contributed by atoms with E-state index in [4.69, 9.17) is 24.7 Å². The average molecular weight is 455 g/mol. The first-order valence-corrected chi connectivity index (χ1v) is 9.73. The molecule has 33 heavy (non-hydrogen) atoms. The van der Waals surface area contributed by atoms with Crippen LogP contribution in [0.2, 0.25) is 0 Å². The Balaban J connectivity index is 1.95. The standard InChI is InChI=1S/C21H21N5O7/c1-4-31-21(27)18-12(2)33-20(23)15(8-22)19(18)13-5-6-16(17(7-13)30-3)32-11-25-10-14(9-24-25)26(28)29/h5-7,9-10,19H,4,11,23H2,1-3H3. The van der Waals surface area contributed by atoms with Crippen molar-refractivity contribution < 1.29 is 28.7 Å². The van der Waals surface area contributed by atoms with Crippen LogP contribution in [0.4, 0.5) is 5.69 Å². The maximum Gasteiger partial charge on any atom is 0.338 e. The SMILES string of the molecule is CCOC(=O)C1=C(C)OC(N)=C(C#N)C1c1ccc(OCn2cc([N+](=O)[O-])cn2)c(OC)c1. The lowest BCUT2D eigenvalue weighted by molar-refractivity contribution is -0.385. The fourth-order valence-corrected chi connectivity index (χ4v) is 3.32. The van der Waals surface area contributed by atoms with Gasteiger partial charge in [0.15, 0.2) is 18.2 Å². The summed E-state index contributed by atoms with van der Waals surface area (Å²) in [4.78, 5) is 22.9. The van der Waals surface area contributed by atoms with E-state index in [-0.39, 0.29) is 41.8 Å². The second kappa shape index (κ2) is 9.73. The van der Waals surface area contributed by atoms with Crippen molar-refractivity contribution in [2.45, 2.75) is 26.5 Å². The molecule has 1 aliphatic heterocycles.